The predicted molar refractivity (Wildman–Crippen MR) is 153 cm³/mol. The molecule has 42 heavy (non-hydrogen) atoms. The summed E-state index contributed by atoms with van der Waals surface area (Å²) in [5, 5.41) is 0.223. The van der Waals surface area contributed by atoms with E-state index in [1.165, 1.54) is 6.33 Å². The second-order valence-corrected chi connectivity index (χ2v) is 13.2. The second kappa shape index (κ2) is 13.0. The van der Waals surface area contributed by atoms with Crippen LogP contribution < -0.4 is 17.0 Å². The van der Waals surface area contributed by atoms with E-state index in [0.29, 0.717) is 55.4 Å². The molecule has 2 saturated heterocycles. The number of nitrogens with one attached hydrogen (secondary N) is 1. The third kappa shape index (κ3) is 7.24. The van der Waals surface area contributed by atoms with Crippen molar-refractivity contribution in [3.05, 3.63) is 28.2 Å². The molecule has 224 valence electrons. The molecule has 0 spiro atoms. The highest BCUT2D eigenvalue weighted by Gasteiger charge is 2.32. The van der Waals surface area contributed by atoms with Crippen LogP contribution in [0.4, 0.5) is 11.9 Å². The van der Waals surface area contributed by atoms with Gasteiger partial charge in [-0.15, -0.1) is 0 Å². The van der Waals surface area contributed by atoms with Crippen LogP contribution in [0, 0.1) is 0 Å². The molecule has 17 nitrogen and oxygen atoms in total. The minimum absolute atomic E-state index is 0.0405. The predicted octanol–water partition coefficient (Wildman–Crippen LogP) is 1.16. The van der Waals surface area contributed by atoms with Gasteiger partial charge >= 0.3 is 15.6 Å². The average molecular weight is 643 g/mol. The van der Waals surface area contributed by atoms with Crippen molar-refractivity contribution in [1.29, 1.82) is 0 Å². The molecular weight excluding hydrogens is 614 g/mol. The Morgan fingerprint density at radius 1 is 0.905 bits per heavy atom. The minimum Gasteiger partial charge on any atom is -0.369 e. The van der Waals surface area contributed by atoms with Crippen molar-refractivity contribution in [2.75, 3.05) is 50.3 Å². The van der Waals surface area contributed by atoms with Gasteiger partial charge in [0.25, 0.3) is 5.56 Å². The molecule has 2 fully saturated rings. The SMILES string of the molecule is C[P+](=O)CC1OCC(Cn2cnc3c(=O)[nH]c(N)nc32)O1.C[P+](=O)CC1OCC(Cn2cnc3c(Cl)nc(N)nc32)O1. The summed E-state index contributed by atoms with van der Waals surface area (Å²) in [4.78, 5) is 34.4. The summed E-state index contributed by atoms with van der Waals surface area (Å²) >= 11 is 5.98. The number of anilines is 2. The summed E-state index contributed by atoms with van der Waals surface area (Å²) in [7, 11) is -2.60. The zero-order valence-electron chi connectivity index (χ0n) is 22.6. The summed E-state index contributed by atoms with van der Waals surface area (Å²) in [5.41, 5.74) is 12.5. The van der Waals surface area contributed by atoms with Crippen LogP contribution in [0.1, 0.15) is 0 Å². The Morgan fingerprint density at radius 3 is 1.98 bits per heavy atom. The first kappa shape index (κ1) is 30.3. The Kier molecular flexibility index (Phi) is 9.38. The van der Waals surface area contributed by atoms with Gasteiger partial charge in [0.05, 0.1) is 39.0 Å². The maximum atomic E-state index is 11.7. The molecule has 6 unspecified atom stereocenters. The zero-order valence-corrected chi connectivity index (χ0v) is 25.2. The van der Waals surface area contributed by atoms with Crippen molar-refractivity contribution in [2.24, 2.45) is 0 Å². The van der Waals surface area contributed by atoms with Crippen LogP contribution in [-0.2, 0) is 41.2 Å². The molecule has 4 aromatic rings. The molecule has 6 heterocycles. The number of nitrogens with two attached hydrogens (primary N) is 2. The standard InChI is InChI=1S/C11H14ClN5O3P.C11H14N5O4P/c1-21(18)4-7-19-3-6(20-7)2-17-5-14-8-9(12)15-11(13)16-10(8)17;1-21(18)4-7-19-3-6(20-7)2-16-5-13-8-9(16)14-11(12)15-10(8)17/h5-7H,2-4H2,1H3,(H2,13,15,16);5-7H,2-4H2,1H3,(H2-,12,14,15,17)/q+1;/p+1. The first-order valence-corrected chi connectivity index (χ1v) is 16.9. The van der Waals surface area contributed by atoms with Crippen molar-refractivity contribution < 1.29 is 28.1 Å². The largest absolute Gasteiger partial charge is 0.369 e. The van der Waals surface area contributed by atoms with E-state index in [1.807, 2.05) is 0 Å². The molecule has 2 aliphatic heterocycles. The smallest absolute Gasteiger partial charge is 0.340 e. The van der Waals surface area contributed by atoms with E-state index in [-0.39, 0.29) is 40.3 Å². The van der Waals surface area contributed by atoms with Gasteiger partial charge in [0.15, 0.2) is 34.3 Å². The number of hydrogen-bond acceptors (Lipinski definition) is 14. The maximum absolute atomic E-state index is 11.7. The van der Waals surface area contributed by atoms with Crippen molar-refractivity contribution in [3.63, 3.8) is 0 Å². The quantitative estimate of drug-likeness (QED) is 0.181. The molecule has 6 atom stereocenters. The lowest BCUT2D eigenvalue weighted by molar-refractivity contribution is -0.0419. The van der Waals surface area contributed by atoms with Crippen LogP contribution >= 0.6 is 27.2 Å². The van der Waals surface area contributed by atoms with Crippen LogP contribution in [0.5, 0.6) is 0 Å². The fourth-order valence-electron chi connectivity index (χ4n) is 4.42. The maximum Gasteiger partial charge on any atom is 0.340 e. The van der Waals surface area contributed by atoms with Gasteiger partial charge < -0.3 is 39.5 Å². The Hall–Kier alpha value is -3.17. The van der Waals surface area contributed by atoms with Gasteiger partial charge in [-0.05, 0) is 0 Å². The number of hydrogen-bond donors (Lipinski definition) is 3. The summed E-state index contributed by atoms with van der Waals surface area (Å²) in [6.07, 6.45) is 2.69. The molecule has 6 rings (SSSR count). The van der Waals surface area contributed by atoms with Crippen molar-refractivity contribution in [3.8, 4) is 0 Å². The van der Waals surface area contributed by atoms with E-state index in [4.69, 9.17) is 42.0 Å². The topological polar surface area (TPSA) is 230 Å². The molecule has 0 radical (unpaired) electrons. The number of aromatic amines is 1. The Bertz CT molecular complexity index is 1680. The Labute approximate surface area is 244 Å². The highest BCUT2D eigenvalue weighted by molar-refractivity contribution is 7.44. The normalized spacial score (nSPS) is 22.8. The van der Waals surface area contributed by atoms with Crippen LogP contribution in [-0.4, -0.2) is 103 Å². The van der Waals surface area contributed by atoms with Gasteiger partial charge in [0.1, 0.15) is 31.1 Å². The average Bonchev–Trinajstić information content (AvgIpc) is 3.69. The van der Waals surface area contributed by atoms with Gasteiger partial charge in [-0.1, -0.05) is 20.7 Å². The summed E-state index contributed by atoms with van der Waals surface area (Å²) < 4.78 is 48.1. The van der Waals surface area contributed by atoms with Crippen LogP contribution in [0.25, 0.3) is 22.3 Å². The van der Waals surface area contributed by atoms with E-state index in [9.17, 15) is 13.9 Å². The number of nitrogen functional groups attached to an aromatic ring is 2. The van der Waals surface area contributed by atoms with Gasteiger partial charge in [0.2, 0.25) is 24.5 Å². The van der Waals surface area contributed by atoms with E-state index in [1.54, 1.807) is 28.8 Å². The number of ether oxygens (including phenoxy) is 4. The highest BCUT2D eigenvalue weighted by atomic mass is 35.5. The highest BCUT2D eigenvalue weighted by Crippen LogP contribution is 2.25. The molecule has 0 aromatic carbocycles. The van der Waals surface area contributed by atoms with Crippen LogP contribution in [0.3, 0.4) is 0 Å². The summed E-state index contributed by atoms with van der Waals surface area (Å²) in [5.74, 6) is 0.136. The third-order valence-corrected chi connectivity index (χ3v) is 8.06. The molecular formula is C22H29ClN10O7P2+2. The van der Waals surface area contributed by atoms with Crippen LogP contribution in [0.2, 0.25) is 5.15 Å². The first-order valence-electron chi connectivity index (χ1n) is 12.7. The molecule has 0 saturated carbocycles. The number of fused-ring (bicyclic) bond motifs is 2. The second-order valence-electron chi connectivity index (χ2n) is 9.62. The fourth-order valence-corrected chi connectivity index (χ4v) is 5.86. The summed E-state index contributed by atoms with van der Waals surface area (Å²) in [6.45, 7) is 5.05. The van der Waals surface area contributed by atoms with Crippen molar-refractivity contribution in [2.45, 2.75) is 37.9 Å². The number of rotatable bonds is 8. The summed E-state index contributed by atoms with van der Waals surface area (Å²) in [6, 6.07) is 0. The molecule has 0 aliphatic carbocycles. The monoisotopic (exact) mass is 642 g/mol. The van der Waals surface area contributed by atoms with E-state index in [0.717, 1.165) is 0 Å². The van der Waals surface area contributed by atoms with Crippen LogP contribution in [0.15, 0.2) is 17.4 Å². The Balaban J connectivity index is 0.000000168. The lowest BCUT2D eigenvalue weighted by Crippen LogP contribution is -2.20. The van der Waals surface area contributed by atoms with E-state index >= 15 is 0 Å². The van der Waals surface area contributed by atoms with E-state index in [2.05, 4.69) is 29.9 Å². The lowest BCUT2D eigenvalue weighted by Gasteiger charge is -2.10. The number of imidazole rings is 2. The molecule has 2 aliphatic rings. The lowest BCUT2D eigenvalue weighted by atomic mass is 10.4. The molecule has 5 N–H and O–H groups in total. The van der Waals surface area contributed by atoms with Gasteiger partial charge in [0, 0.05) is 0 Å². The number of halogens is 1. The third-order valence-electron chi connectivity index (χ3n) is 6.17. The molecule has 0 amide bonds. The number of nitrogens with zero attached hydrogens (tertiary/aromatic N) is 7. The molecule has 0 bridgehead atoms. The van der Waals surface area contributed by atoms with Gasteiger partial charge in [-0.3, -0.25) is 9.78 Å². The van der Waals surface area contributed by atoms with Crippen molar-refractivity contribution >= 4 is 61.4 Å². The fraction of sp³-hybridized carbons (Fsp3) is 0.545. The van der Waals surface area contributed by atoms with Gasteiger partial charge in [-0.2, -0.15) is 15.0 Å². The first-order chi connectivity index (χ1) is 20.0. The Morgan fingerprint density at radius 2 is 1.43 bits per heavy atom. The number of H-pyrrole nitrogens is 1. The molecule has 4 aromatic heterocycles. The minimum atomic E-state index is -1.31. The van der Waals surface area contributed by atoms with E-state index < -0.39 is 28.2 Å². The molecule has 20 heteroatoms. The number of aromatic nitrogens is 8. The zero-order chi connectivity index (χ0) is 30.0. The van der Waals surface area contributed by atoms with Crippen molar-refractivity contribution in [1.82, 2.24) is 39.0 Å². The van der Waals surface area contributed by atoms with Gasteiger partial charge in [-0.25, -0.2) is 9.97 Å².